The number of hydrogen-bond donors (Lipinski definition) is 1. The lowest BCUT2D eigenvalue weighted by Gasteiger charge is -2.38. The van der Waals surface area contributed by atoms with Gasteiger partial charge < -0.3 is 32.7 Å². The van der Waals surface area contributed by atoms with Crippen LogP contribution in [0.15, 0.2) is 0 Å². The Morgan fingerprint density at radius 3 is 1.80 bits per heavy atom. The second kappa shape index (κ2) is 12.9. The maximum atomic E-state index is 13.5. The highest BCUT2D eigenvalue weighted by molar-refractivity contribution is 7.57. The Kier molecular flexibility index (Phi) is 12.6. The smallest absolute Gasteiger partial charge is 0.347 e. The summed E-state index contributed by atoms with van der Waals surface area (Å²) < 4.78 is 57.3. The second-order valence-electron chi connectivity index (χ2n) is 6.28. The summed E-state index contributed by atoms with van der Waals surface area (Å²) in [5.41, 5.74) is -1.66. The number of ether oxygens (including phenoxy) is 2. The highest BCUT2D eigenvalue weighted by Crippen LogP contribution is 2.66. The summed E-state index contributed by atoms with van der Waals surface area (Å²) in [6.07, 6.45) is -2.36. The molecule has 0 saturated carbocycles. The van der Waals surface area contributed by atoms with Crippen LogP contribution in [0.25, 0.3) is 0 Å². The monoisotopic (exact) mass is 476 g/mol. The summed E-state index contributed by atoms with van der Waals surface area (Å²) in [6.45, 7) is 5.73. The summed E-state index contributed by atoms with van der Waals surface area (Å²) in [5.74, 6) is -2.04. The average Bonchev–Trinajstić information content (AvgIpc) is 2.70. The highest BCUT2D eigenvalue weighted by Gasteiger charge is 2.62. The van der Waals surface area contributed by atoms with Gasteiger partial charge in [-0.15, -0.1) is 0 Å². The van der Waals surface area contributed by atoms with Gasteiger partial charge in [0.25, 0.3) is 0 Å². The molecule has 0 radical (unpaired) electrons. The molecule has 4 unspecified atom stereocenters. The van der Waals surface area contributed by atoms with Gasteiger partial charge in [-0.05, 0) is 34.1 Å². The van der Waals surface area contributed by atoms with Gasteiger partial charge in [0.1, 0.15) is 0 Å². The number of hydrogen-bond acceptors (Lipinski definition) is 11. The van der Waals surface area contributed by atoms with Gasteiger partial charge in [-0.25, -0.2) is 0 Å². The number of carbonyl (C=O) groups excluding carboxylic acids is 2. The van der Waals surface area contributed by atoms with Crippen LogP contribution in [0.5, 0.6) is 0 Å². The van der Waals surface area contributed by atoms with Crippen LogP contribution in [0.3, 0.4) is 0 Å². The van der Waals surface area contributed by atoms with Crippen molar-refractivity contribution in [2.24, 2.45) is 0 Å². The molecule has 0 rings (SSSR count). The topological polar surface area (TPSA) is 144 Å². The summed E-state index contributed by atoms with van der Waals surface area (Å²) >= 11 is 0. The molecule has 0 fully saturated rings. The SMILES string of the molecule is CCOC(=O)C(CC(CC(C)O)(C(=O)OCC)P(=O)(OC)OC)P(=O)(OC)OCC. The molecule has 0 saturated heterocycles. The molecule has 0 aliphatic carbocycles. The lowest BCUT2D eigenvalue weighted by atomic mass is 9.95. The fraction of sp³-hybridized carbons (Fsp3) is 0.882. The summed E-state index contributed by atoms with van der Waals surface area (Å²) in [6, 6.07) is 0. The molecule has 13 heteroatoms. The highest BCUT2D eigenvalue weighted by atomic mass is 31.2. The van der Waals surface area contributed by atoms with Gasteiger partial charge in [-0.1, -0.05) is 0 Å². The minimum Gasteiger partial charge on any atom is -0.465 e. The van der Waals surface area contributed by atoms with E-state index in [1.54, 1.807) is 0 Å². The van der Waals surface area contributed by atoms with E-state index >= 15 is 0 Å². The van der Waals surface area contributed by atoms with Crippen LogP contribution in [0.2, 0.25) is 0 Å². The van der Waals surface area contributed by atoms with E-state index < -0.39 is 56.9 Å². The van der Waals surface area contributed by atoms with Crippen LogP contribution < -0.4 is 0 Å². The summed E-state index contributed by atoms with van der Waals surface area (Å²) in [4.78, 5) is 25.8. The van der Waals surface area contributed by atoms with Gasteiger partial charge in [0, 0.05) is 27.8 Å². The molecule has 0 aromatic heterocycles. The Morgan fingerprint density at radius 1 is 0.900 bits per heavy atom. The standard InChI is InChI=1S/C17H34O11P2/c1-8-26-15(19)14(29(21,23-5)28-10-3)12-17(11-13(4)18,16(20)27-9-2)30(22,24-6)25-7/h13-14,18H,8-12H2,1-7H3. The molecule has 178 valence electrons. The maximum Gasteiger partial charge on any atom is 0.347 e. The number of aliphatic hydroxyl groups excluding tert-OH is 1. The predicted octanol–water partition coefficient (Wildman–Crippen LogP) is 2.74. The Balaban J connectivity index is 6.85. The van der Waals surface area contributed by atoms with Crippen molar-refractivity contribution in [1.82, 2.24) is 0 Å². The first kappa shape index (κ1) is 29.2. The molecule has 0 aliphatic heterocycles. The van der Waals surface area contributed by atoms with Crippen molar-refractivity contribution in [3.63, 3.8) is 0 Å². The Hall–Kier alpha value is -0.800. The fourth-order valence-electron chi connectivity index (χ4n) is 3.10. The molecule has 0 amide bonds. The van der Waals surface area contributed by atoms with Crippen molar-refractivity contribution in [2.75, 3.05) is 41.2 Å². The van der Waals surface area contributed by atoms with Crippen molar-refractivity contribution in [3.05, 3.63) is 0 Å². The number of carbonyl (C=O) groups is 2. The third-order valence-corrected chi connectivity index (χ3v) is 9.17. The van der Waals surface area contributed by atoms with Gasteiger partial charge >= 0.3 is 27.1 Å². The largest absolute Gasteiger partial charge is 0.465 e. The molecule has 11 nitrogen and oxygen atoms in total. The first-order valence-corrected chi connectivity index (χ1v) is 12.7. The number of rotatable bonds is 15. The van der Waals surface area contributed by atoms with E-state index in [0.717, 1.165) is 21.3 Å². The van der Waals surface area contributed by atoms with Crippen molar-refractivity contribution in [3.8, 4) is 0 Å². The molecule has 4 atom stereocenters. The molecule has 30 heavy (non-hydrogen) atoms. The van der Waals surface area contributed by atoms with E-state index in [1.165, 1.54) is 27.7 Å². The van der Waals surface area contributed by atoms with Gasteiger partial charge in [0.05, 0.1) is 25.9 Å². The summed E-state index contributed by atoms with van der Waals surface area (Å²) in [7, 11) is -5.34. The van der Waals surface area contributed by atoms with Crippen LogP contribution in [0, 0.1) is 0 Å². The predicted molar refractivity (Wildman–Crippen MR) is 109 cm³/mol. The van der Waals surface area contributed by atoms with Crippen molar-refractivity contribution in [2.45, 2.75) is 57.5 Å². The van der Waals surface area contributed by atoms with Gasteiger partial charge in [-0.2, -0.15) is 0 Å². The van der Waals surface area contributed by atoms with Crippen molar-refractivity contribution < 1.29 is 51.4 Å². The molecular formula is C17H34O11P2. The quantitative estimate of drug-likeness (QED) is 0.275. The Labute approximate surface area is 177 Å². The van der Waals surface area contributed by atoms with Gasteiger partial charge in [0.2, 0.25) is 0 Å². The lowest BCUT2D eigenvalue weighted by Crippen LogP contribution is -2.47. The Morgan fingerprint density at radius 2 is 1.43 bits per heavy atom. The number of aliphatic hydroxyl groups is 1. The first-order chi connectivity index (χ1) is 14.0. The van der Waals surface area contributed by atoms with E-state index in [1.807, 2.05) is 0 Å². The fourth-order valence-corrected chi connectivity index (χ4v) is 7.04. The first-order valence-electron chi connectivity index (χ1n) is 9.50. The Bertz CT molecular complexity index is 644. The van der Waals surface area contributed by atoms with Crippen molar-refractivity contribution >= 4 is 27.1 Å². The minimum atomic E-state index is -4.35. The van der Waals surface area contributed by atoms with E-state index in [4.69, 9.17) is 27.6 Å². The van der Waals surface area contributed by atoms with Crippen LogP contribution in [-0.4, -0.2) is 75.1 Å². The third-order valence-electron chi connectivity index (χ3n) is 4.33. The van der Waals surface area contributed by atoms with Gasteiger partial charge in [-0.3, -0.25) is 18.7 Å². The van der Waals surface area contributed by atoms with Crippen LogP contribution in [-0.2, 0) is 46.3 Å². The average molecular weight is 476 g/mol. The maximum absolute atomic E-state index is 13.5. The second-order valence-corrected chi connectivity index (χ2v) is 11.2. The van der Waals surface area contributed by atoms with E-state index in [9.17, 15) is 23.8 Å². The van der Waals surface area contributed by atoms with Crippen molar-refractivity contribution in [1.29, 1.82) is 0 Å². The minimum absolute atomic E-state index is 0.0554. The number of esters is 2. The normalized spacial score (nSPS) is 18.0. The van der Waals surface area contributed by atoms with E-state index in [-0.39, 0.29) is 19.8 Å². The third kappa shape index (κ3) is 6.60. The van der Waals surface area contributed by atoms with Crippen LogP contribution in [0.4, 0.5) is 0 Å². The van der Waals surface area contributed by atoms with Gasteiger partial charge in [0.15, 0.2) is 10.8 Å². The molecule has 0 spiro atoms. The van der Waals surface area contributed by atoms with E-state index in [0.29, 0.717) is 0 Å². The lowest BCUT2D eigenvalue weighted by molar-refractivity contribution is -0.149. The molecule has 0 aromatic carbocycles. The van der Waals surface area contributed by atoms with E-state index in [2.05, 4.69) is 0 Å². The van der Waals surface area contributed by atoms with Crippen LogP contribution >= 0.6 is 15.2 Å². The molecule has 0 aromatic rings. The molecule has 1 N–H and O–H groups in total. The zero-order valence-corrected chi connectivity index (χ0v) is 20.4. The molecule has 0 heterocycles. The zero-order chi connectivity index (χ0) is 23.6. The molecule has 0 bridgehead atoms. The van der Waals surface area contributed by atoms with Crippen LogP contribution in [0.1, 0.15) is 40.5 Å². The molecular weight excluding hydrogens is 442 g/mol. The summed E-state index contributed by atoms with van der Waals surface area (Å²) in [5, 5.41) is 7.90. The molecule has 0 aliphatic rings. The zero-order valence-electron chi connectivity index (χ0n) is 18.6.